The zero-order valence-corrected chi connectivity index (χ0v) is 18.6. The number of carbonyl (C=O) groups is 1. The Balaban J connectivity index is 2.02. The standard InChI is InChI=1S/C24H31ClN2O3/c1-4-16(15-23(28)29)17-7-12-21(27-13-5-6-22(27)24(2,3)30)20(14-17)26-19-10-8-18(25)9-11-19/h7-12,14,16,22,26,30H,4-6,13,15H2,1-3H3,(H,28,29)/t16?,22-/m0/s1. The summed E-state index contributed by atoms with van der Waals surface area (Å²) in [6, 6.07) is 13.7. The molecule has 3 rings (SSSR count). The van der Waals surface area contributed by atoms with Gasteiger partial charge in [-0.05, 0) is 81.0 Å². The Morgan fingerprint density at radius 2 is 1.97 bits per heavy atom. The summed E-state index contributed by atoms with van der Waals surface area (Å²) in [5.41, 5.74) is 3.02. The van der Waals surface area contributed by atoms with Crippen LogP contribution in [0.2, 0.25) is 5.02 Å². The van der Waals surface area contributed by atoms with Crippen molar-refractivity contribution in [2.75, 3.05) is 16.8 Å². The number of anilines is 3. The molecule has 0 bridgehead atoms. The highest BCUT2D eigenvalue weighted by molar-refractivity contribution is 6.30. The molecule has 1 heterocycles. The quantitative estimate of drug-likeness (QED) is 0.494. The maximum absolute atomic E-state index is 11.3. The van der Waals surface area contributed by atoms with E-state index >= 15 is 0 Å². The number of carboxylic acid groups (broad SMARTS) is 1. The maximum Gasteiger partial charge on any atom is 0.303 e. The number of halogens is 1. The number of benzene rings is 2. The number of carboxylic acids is 1. The zero-order valence-electron chi connectivity index (χ0n) is 17.9. The second kappa shape index (κ2) is 9.27. The topological polar surface area (TPSA) is 72.8 Å². The smallest absolute Gasteiger partial charge is 0.303 e. The molecule has 2 atom stereocenters. The molecule has 0 spiro atoms. The molecule has 0 aromatic heterocycles. The van der Waals surface area contributed by atoms with E-state index in [1.807, 2.05) is 51.1 Å². The van der Waals surface area contributed by atoms with Crippen molar-refractivity contribution in [2.45, 2.75) is 64.0 Å². The Morgan fingerprint density at radius 1 is 1.27 bits per heavy atom. The molecule has 0 amide bonds. The van der Waals surface area contributed by atoms with Crippen LogP contribution in [0.1, 0.15) is 57.9 Å². The summed E-state index contributed by atoms with van der Waals surface area (Å²) in [4.78, 5) is 13.6. The fourth-order valence-electron chi connectivity index (χ4n) is 4.35. The van der Waals surface area contributed by atoms with E-state index in [0.717, 1.165) is 48.4 Å². The SMILES string of the molecule is CCC(CC(=O)O)c1ccc(N2CCC[C@H]2C(C)(C)O)c(Nc2ccc(Cl)cc2)c1. The summed E-state index contributed by atoms with van der Waals surface area (Å²) in [5.74, 6) is -0.842. The van der Waals surface area contributed by atoms with E-state index in [-0.39, 0.29) is 18.4 Å². The van der Waals surface area contributed by atoms with E-state index < -0.39 is 11.6 Å². The van der Waals surface area contributed by atoms with Gasteiger partial charge in [-0.3, -0.25) is 4.79 Å². The van der Waals surface area contributed by atoms with Gasteiger partial charge in [0, 0.05) is 17.3 Å². The van der Waals surface area contributed by atoms with Crippen LogP contribution in [0.25, 0.3) is 0 Å². The summed E-state index contributed by atoms with van der Waals surface area (Å²) < 4.78 is 0. The van der Waals surface area contributed by atoms with Crippen molar-refractivity contribution in [2.24, 2.45) is 0 Å². The van der Waals surface area contributed by atoms with Gasteiger partial charge in [-0.25, -0.2) is 0 Å². The van der Waals surface area contributed by atoms with Gasteiger partial charge in [-0.2, -0.15) is 0 Å². The van der Waals surface area contributed by atoms with E-state index in [1.165, 1.54) is 0 Å². The van der Waals surface area contributed by atoms with Gasteiger partial charge < -0.3 is 20.4 Å². The van der Waals surface area contributed by atoms with E-state index in [0.29, 0.717) is 5.02 Å². The van der Waals surface area contributed by atoms with Crippen LogP contribution in [0.5, 0.6) is 0 Å². The van der Waals surface area contributed by atoms with Crippen LogP contribution in [0.15, 0.2) is 42.5 Å². The number of nitrogens with zero attached hydrogens (tertiary/aromatic N) is 1. The molecule has 0 radical (unpaired) electrons. The average molecular weight is 431 g/mol. The Bertz CT molecular complexity index is 877. The summed E-state index contributed by atoms with van der Waals surface area (Å²) in [5, 5.41) is 24.2. The van der Waals surface area contributed by atoms with Crippen LogP contribution >= 0.6 is 11.6 Å². The molecule has 1 saturated heterocycles. The van der Waals surface area contributed by atoms with E-state index in [1.54, 1.807) is 0 Å². The summed E-state index contributed by atoms with van der Waals surface area (Å²) in [6.45, 7) is 6.60. The third kappa shape index (κ3) is 5.27. The van der Waals surface area contributed by atoms with Gasteiger partial charge in [-0.15, -0.1) is 0 Å². The van der Waals surface area contributed by atoms with Gasteiger partial charge in [0.05, 0.1) is 29.4 Å². The van der Waals surface area contributed by atoms with Crippen molar-refractivity contribution in [3.05, 3.63) is 53.1 Å². The molecule has 3 N–H and O–H groups in total. The molecular formula is C24H31ClN2O3. The minimum absolute atomic E-state index is 0.0232. The molecule has 1 aliphatic heterocycles. The molecule has 1 fully saturated rings. The lowest BCUT2D eigenvalue weighted by Crippen LogP contribution is -2.46. The van der Waals surface area contributed by atoms with Crippen LogP contribution in [0.4, 0.5) is 17.1 Å². The molecule has 2 aromatic rings. The number of hydrogen-bond donors (Lipinski definition) is 3. The molecule has 6 heteroatoms. The number of aliphatic carboxylic acids is 1. The highest BCUT2D eigenvalue weighted by Crippen LogP contribution is 2.39. The minimum atomic E-state index is -0.817. The molecule has 162 valence electrons. The molecule has 30 heavy (non-hydrogen) atoms. The van der Waals surface area contributed by atoms with Crippen LogP contribution in [-0.2, 0) is 4.79 Å². The first-order chi connectivity index (χ1) is 14.2. The number of hydrogen-bond acceptors (Lipinski definition) is 4. The van der Waals surface area contributed by atoms with Gasteiger partial charge in [0.15, 0.2) is 0 Å². The molecule has 1 aliphatic rings. The zero-order chi connectivity index (χ0) is 21.9. The summed E-state index contributed by atoms with van der Waals surface area (Å²) in [7, 11) is 0. The molecule has 0 saturated carbocycles. The number of nitrogens with one attached hydrogen (secondary N) is 1. The van der Waals surface area contributed by atoms with Gasteiger partial charge >= 0.3 is 5.97 Å². The Hall–Kier alpha value is -2.24. The van der Waals surface area contributed by atoms with Crippen molar-refractivity contribution in [3.8, 4) is 0 Å². The monoisotopic (exact) mass is 430 g/mol. The minimum Gasteiger partial charge on any atom is -0.481 e. The van der Waals surface area contributed by atoms with Crippen LogP contribution < -0.4 is 10.2 Å². The summed E-state index contributed by atoms with van der Waals surface area (Å²) >= 11 is 6.03. The molecule has 0 aliphatic carbocycles. The van der Waals surface area contributed by atoms with E-state index in [4.69, 9.17) is 11.6 Å². The second-order valence-electron chi connectivity index (χ2n) is 8.62. The van der Waals surface area contributed by atoms with Crippen molar-refractivity contribution >= 4 is 34.6 Å². The maximum atomic E-state index is 11.3. The van der Waals surface area contributed by atoms with Crippen molar-refractivity contribution in [1.82, 2.24) is 0 Å². The highest BCUT2D eigenvalue weighted by atomic mass is 35.5. The molecular weight excluding hydrogens is 400 g/mol. The largest absolute Gasteiger partial charge is 0.481 e. The second-order valence-corrected chi connectivity index (χ2v) is 9.05. The third-order valence-electron chi connectivity index (χ3n) is 5.91. The van der Waals surface area contributed by atoms with Crippen molar-refractivity contribution in [1.29, 1.82) is 0 Å². The van der Waals surface area contributed by atoms with E-state index in [9.17, 15) is 15.0 Å². The first-order valence-corrected chi connectivity index (χ1v) is 10.9. The van der Waals surface area contributed by atoms with Gasteiger partial charge in [0.1, 0.15) is 0 Å². The lowest BCUT2D eigenvalue weighted by Gasteiger charge is -2.36. The van der Waals surface area contributed by atoms with Gasteiger partial charge in [-0.1, -0.05) is 24.6 Å². The van der Waals surface area contributed by atoms with Crippen molar-refractivity contribution < 1.29 is 15.0 Å². The first-order valence-electron chi connectivity index (χ1n) is 10.6. The Labute approximate surface area is 183 Å². The lowest BCUT2D eigenvalue weighted by atomic mass is 9.91. The molecule has 2 aromatic carbocycles. The first kappa shape index (κ1) is 22.4. The van der Waals surface area contributed by atoms with Crippen molar-refractivity contribution in [3.63, 3.8) is 0 Å². The predicted octanol–water partition coefficient (Wildman–Crippen LogP) is 5.79. The average Bonchev–Trinajstić information content (AvgIpc) is 3.18. The molecule has 1 unspecified atom stereocenters. The van der Waals surface area contributed by atoms with Crippen LogP contribution in [0, 0.1) is 0 Å². The van der Waals surface area contributed by atoms with Gasteiger partial charge in [0.25, 0.3) is 0 Å². The van der Waals surface area contributed by atoms with E-state index in [2.05, 4.69) is 22.3 Å². The van der Waals surface area contributed by atoms with Crippen LogP contribution in [0.3, 0.4) is 0 Å². The highest BCUT2D eigenvalue weighted by Gasteiger charge is 2.37. The Morgan fingerprint density at radius 3 is 2.57 bits per heavy atom. The molecule has 5 nitrogen and oxygen atoms in total. The fourth-order valence-corrected chi connectivity index (χ4v) is 4.47. The van der Waals surface area contributed by atoms with Crippen LogP contribution in [-0.4, -0.2) is 34.4 Å². The fraction of sp³-hybridized carbons (Fsp3) is 0.458. The Kier molecular flexibility index (Phi) is 6.94. The predicted molar refractivity (Wildman–Crippen MR) is 123 cm³/mol. The van der Waals surface area contributed by atoms with Gasteiger partial charge in [0.2, 0.25) is 0 Å². The number of aliphatic hydroxyl groups is 1. The number of rotatable bonds is 8. The summed E-state index contributed by atoms with van der Waals surface area (Å²) in [6.07, 6.45) is 2.81. The lowest BCUT2D eigenvalue weighted by molar-refractivity contribution is -0.137. The third-order valence-corrected chi connectivity index (χ3v) is 6.16. The normalized spacial score (nSPS) is 17.8.